The lowest BCUT2D eigenvalue weighted by Gasteiger charge is -2.29. The highest BCUT2D eigenvalue weighted by atomic mass is 16.2. The number of hydrogen-bond acceptors (Lipinski definition) is 2. The van der Waals surface area contributed by atoms with Crippen LogP contribution in [0.1, 0.15) is 44.1 Å². The summed E-state index contributed by atoms with van der Waals surface area (Å²) in [5.41, 5.74) is 1.32. The van der Waals surface area contributed by atoms with E-state index in [1.54, 1.807) is 0 Å². The molecule has 0 radical (unpaired) electrons. The van der Waals surface area contributed by atoms with Crippen molar-refractivity contribution in [3.63, 3.8) is 0 Å². The molecule has 2 fully saturated rings. The molecule has 1 N–H and O–H groups in total. The highest BCUT2D eigenvalue weighted by Gasteiger charge is 2.27. The monoisotopic (exact) mass is 300 g/mol. The molecule has 2 saturated carbocycles. The summed E-state index contributed by atoms with van der Waals surface area (Å²) in [5, 5.41) is 3.36. The number of nitrogens with zero attached hydrogens (tertiary/aromatic N) is 1. The third-order valence-electron chi connectivity index (χ3n) is 4.98. The van der Waals surface area contributed by atoms with E-state index in [4.69, 9.17) is 0 Å². The minimum Gasteiger partial charge on any atom is -0.338 e. The van der Waals surface area contributed by atoms with Crippen LogP contribution in [0, 0.1) is 5.92 Å². The van der Waals surface area contributed by atoms with E-state index in [9.17, 15) is 4.79 Å². The number of nitrogens with one attached hydrogen (secondary N) is 1. The Bertz CT molecular complexity index is 464. The zero-order valence-electron chi connectivity index (χ0n) is 13.5. The fourth-order valence-electron chi connectivity index (χ4n) is 3.43. The van der Waals surface area contributed by atoms with Gasteiger partial charge in [-0.25, -0.2) is 0 Å². The third-order valence-corrected chi connectivity index (χ3v) is 4.98. The van der Waals surface area contributed by atoms with Gasteiger partial charge in [-0.05, 0) is 50.1 Å². The smallest absolute Gasteiger partial charge is 0.236 e. The van der Waals surface area contributed by atoms with Crippen LogP contribution in [0.4, 0.5) is 0 Å². The van der Waals surface area contributed by atoms with Gasteiger partial charge in [0, 0.05) is 12.6 Å². The molecule has 120 valence electrons. The van der Waals surface area contributed by atoms with Crippen molar-refractivity contribution in [3.05, 3.63) is 35.9 Å². The van der Waals surface area contributed by atoms with E-state index in [0.717, 1.165) is 25.4 Å². The Morgan fingerprint density at radius 1 is 1.09 bits per heavy atom. The number of benzene rings is 1. The fourth-order valence-corrected chi connectivity index (χ4v) is 3.43. The minimum absolute atomic E-state index is 0.295. The quantitative estimate of drug-likeness (QED) is 0.800. The van der Waals surface area contributed by atoms with Gasteiger partial charge in [0.25, 0.3) is 0 Å². The van der Waals surface area contributed by atoms with Crippen molar-refractivity contribution >= 4 is 5.91 Å². The van der Waals surface area contributed by atoms with E-state index in [-0.39, 0.29) is 0 Å². The van der Waals surface area contributed by atoms with Gasteiger partial charge >= 0.3 is 0 Å². The molecule has 0 heterocycles. The standard InChI is InChI=1S/C19H28N2O/c22-19(15-20-14-17-10-11-17)21(18-8-4-5-9-18)13-12-16-6-2-1-3-7-16/h1-3,6-7,17-18,20H,4-5,8-15H2. The van der Waals surface area contributed by atoms with Crippen LogP contribution in [0.5, 0.6) is 0 Å². The molecule has 0 atom stereocenters. The summed E-state index contributed by atoms with van der Waals surface area (Å²) in [4.78, 5) is 14.8. The average Bonchev–Trinajstić information content (AvgIpc) is 3.21. The molecule has 1 aromatic rings. The van der Waals surface area contributed by atoms with Crippen molar-refractivity contribution in [2.75, 3.05) is 19.6 Å². The Labute approximate surface area is 134 Å². The molecular weight excluding hydrogens is 272 g/mol. The second-order valence-electron chi connectivity index (χ2n) is 6.84. The zero-order valence-corrected chi connectivity index (χ0v) is 13.5. The van der Waals surface area contributed by atoms with Crippen molar-refractivity contribution in [3.8, 4) is 0 Å². The van der Waals surface area contributed by atoms with Crippen LogP contribution in [0.3, 0.4) is 0 Å². The SMILES string of the molecule is O=C(CNCC1CC1)N(CCc1ccccc1)C1CCCC1. The van der Waals surface area contributed by atoms with E-state index in [2.05, 4.69) is 34.5 Å². The Morgan fingerprint density at radius 3 is 2.50 bits per heavy atom. The van der Waals surface area contributed by atoms with Crippen LogP contribution in [0.15, 0.2) is 30.3 Å². The molecule has 3 nitrogen and oxygen atoms in total. The molecule has 0 bridgehead atoms. The summed E-state index contributed by atoms with van der Waals surface area (Å²) in [7, 11) is 0. The average molecular weight is 300 g/mol. The maximum absolute atomic E-state index is 12.6. The molecular formula is C19H28N2O. The lowest BCUT2D eigenvalue weighted by Crippen LogP contribution is -2.45. The number of rotatable bonds is 8. The molecule has 0 unspecified atom stereocenters. The summed E-state index contributed by atoms with van der Waals surface area (Å²) < 4.78 is 0. The van der Waals surface area contributed by atoms with Gasteiger partial charge in [-0.3, -0.25) is 4.79 Å². The highest BCUT2D eigenvalue weighted by Crippen LogP contribution is 2.27. The van der Waals surface area contributed by atoms with Gasteiger partial charge in [-0.15, -0.1) is 0 Å². The Hall–Kier alpha value is -1.35. The predicted octanol–water partition coefficient (Wildman–Crippen LogP) is 3.00. The number of hydrogen-bond donors (Lipinski definition) is 1. The summed E-state index contributed by atoms with van der Waals surface area (Å²) in [6.07, 6.45) is 8.55. The Morgan fingerprint density at radius 2 is 1.82 bits per heavy atom. The second kappa shape index (κ2) is 7.77. The predicted molar refractivity (Wildman–Crippen MR) is 89.7 cm³/mol. The van der Waals surface area contributed by atoms with Crippen molar-refractivity contribution < 1.29 is 4.79 Å². The van der Waals surface area contributed by atoms with E-state index in [1.165, 1.54) is 44.1 Å². The van der Waals surface area contributed by atoms with Gasteiger partial charge in [0.05, 0.1) is 6.54 Å². The maximum Gasteiger partial charge on any atom is 0.236 e. The molecule has 2 aliphatic carbocycles. The summed E-state index contributed by atoms with van der Waals surface area (Å²) in [5.74, 6) is 1.13. The van der Waals surface area contributed by atoms with Crippen LogP contribution in [0.25, 0.3) is 0 Å². The fraction of sp³-hybridized carbons (Fsp3) is 0.632. The van der Waals surface area contributed by atoms with E-state index in [1.807, 2.05) is 6.07 Å². The lowest BCUT2D eigenvalue weighted by atomic mass is 10.1. The second-order valence-corrected chi connectivity index (χ2v) is 6.84. The first-order chi connectivity index (χ1) is 10.8. The molecule has 1 amide bonds. The number of carbonyl (C=O) groups is 1. The first-order valence-corrected chi connectivity index (χ1v) is 8.87. The summed E-state index contributed by atoms with van der Waals surface area (Å²) in [6, 6.07) is 11.0. The van der Waals surface area contributed by atoms with Gasteiger partial charge in [0.15, 0.2) is 0 Å². The first kappa shape index (κ1) is 15.5. The zero-order chi connectivity index (χ0) is 15.2. The largest absolute Gasteiger partial charge is 0.338 e. The highest BCUT2D eigenvalue weighted by molar-refractivity contribution is 5.78. The molecule has 1 aromatic carbocycles. The molecule has 0 aliphatic heterocycles. The molecule has 22 heavy (non-hydrogen) atoms. The molecule has 0 saturated heterocycles. The summed E-state index contributed by atoms with van der Waals surface area (Å²) in [6.45, 7) is 2.39. The van der Waals surface area contributed by atoms with Gasteiger partial charge in [-0.1, -0.05) is 43.2 Å². The van der Waals surface area contributed by atoms with Crippen molar-refractivity contribution in [1.82, 2.24) is 10.2 Å². The number of carbonyl (C=O) groups excluding carboxylic acids is 1. The van der Waals surface area contributed by atoms with Crippen LogP contribution >= 0.6 is 0 Å². The minimum atomic E-state index is 0.295. The van der Waals surface area contributed by atoms with Gasteiger partial charge in [0.2, 0.25) is 5.91 Å². The van der Waals surface area contributed by atoms with E-state index >= 15 is 0 Å². The third kappa shape index (κ3) is 4.57. The van der Waals surface area contributed by atoms with E-state index in [0.29, 0.717) is 18.5 Å². The molecule has 0 spiro atoms. The van der Waals surface area contributed by atoms with Crippen LogP contribution in [0.2, 0.25) is 0 Å². The Balaban J connectivity index is 1.52. The Kier molecular flexibility index (Phi) is 5.49. The van der Waals surface area contributed by atoms with Crippen LogP contribution in [-0.4, -0.2) is 36.5 Å². The van der Waals surface area contributed by atoms with E-state index < -0.39 is 0 Å². The normalized spacial score (nSPS) is 18.5. The lowest BCUT2D eigenvalue weighted by molar-refractivity contribution is -0.132. The summed E-state index contributed by atoms with van der Waals surface area (Å²) >= 11 is 0. The van der Waals surface area contributed by atoms with Gasteiger partial charge < -0.3 is 10.2 Å². The molecule has 3 heteroatoms. The topological polar surface area (TPSA) is 32.3 Å². The van der Waals surface area contributed by atoms with Crippen molar-refractivity contribution in [1.29, 1.82) is 0 Å². The molecule has 2 aliphatic rings. The van der Waals surface area contributed by atoms with Gasteiger partial charge in [-0.2, -0.15) is 0 Å². The number of amides is 1. The first-order valence-electron chi connectivity index (χ1n) is 8.87. The van der Waals surface area contributed by atoms with Crippen LogP contribution in [-0.2, 0) is 11.2 Å². The van der Waals surface area contributed by atoms with Crippen molar-refractivity contribution in [2.45, 2.75) is 51.0 Å². The molecule has 3 rings (SSSR count). The maximum atomic E-state index is 12.6. The van der Waals surface area contributed by atoms with Crippen molar-refractivity contribution in [2.24, 2.45) is 5.92 Å². The molecule has 0 aromatic heterocycles. The van der Waals surface area contributed by atoms with Gasteiger partial charge in [0.1, 0.15) is 0 Å². The van der Waals surface area contributed by atoms with Crippen LogP contribution < -0.4 is 5.32 Å².